The molecule has 1 aromatic rings. The first kappa shape index (κ1) is 12.9. The predicted octanol–water partition coefficient (Wildman–Crippen LogP) is 2.95. The quantitative estimate of drug-likeness (QED) is 0.772. The van der Waals surface area contributed by atoms with E-state index in [0.29, 0.717) is 23.4 Å². The average molecular weight is 275 g/mol. The zero-order valence-electron chi connectivity index (χ0n) is 9.66. The molecule has 1 fully saturated rings. The Morgan fingerprint density at radius 1 is 1.35 bits per heavy atom. The van der Waals surface area contributed by atoms with Crippen molar-refractivity contribution in [2.75, 3.05) is 26.2 Å². The topological polar surface area (TPSA) is 25.4 Å². The Balaban J connectivity index is 1.81. The van der Waals surface area contributed by atoms with Crippen LogP contribution in [-0.4, -0.2) is 36.1 Å². The van der Waals surface area contributed by atoms with E-state index in [4.69, 9.17) is 27.9 Å². The third-order valence-corrected chi connectivity index (χ3v) is 3.44. The molecule has 0 aliphatic carbocycles. The van der Waals surface area contributed by atoms with Crippen molar-refractivity contribution in [3.05, 3.63) is 22.8 Å². The minimum absolute atomic E-state index is 0.417. The van der Waals surface area contributed by atoms with E-state index < -0.39 is 0 Å². The largest absolute Gasteiger partial charge is 0.475 e. The maximum Gasteiger partial charge on any atom is 0.232 e. The van der Waals surface area contributed by atoms with Gasteiger partial charge in [0.15, 0.2) is 0 Å². The molecular formula is C12H16Cl2N2O. The molecule has 2 rings (SSSR count). The van der Waals surface area contributed by atoms with Gasteiger partial charge >= 0.3 is 0 Å². The lowest BCUT2D eigenvalue weighted by Gasteiger charge is -2.15. The molecule has 2 heterocycles. The van der Waals surface area contributed by atoms with Crippen LogP contribution in [0.3, 0.4) is 0 Å². The molecule has 0 saturated carbocycles. The predicted molar refractivity (Wildman–Crippen MR) is 70.0 cm³/mol. The standard InChI is InChI=1S/C12H16Cl2N2O/c13-8-10-7-11(14)12(15-9-10)17-6-5-16-3-1-2-4-16/h7,9H,1-6,8H2. The van der Waals surface area contributed by atoms with Crippen molar-refractivity contribution in [1.29, 1.82) is 0 Å². The molecule has 0 N–H and O–H groups in total. The van der Waals surface area contributed by atoms with Crippen molar-refractivity contribution in [3.8, 4) is 5.88 Å². The van der Waals surface area contributed by atoms with Gasteiger partial charge in [0.1, 0.15) is 11.6 Å². The van der Waals surface area contributed by atoms with Crippen LogP contribution in [-0.2, 0) is 5.88 Å². The second-order valence-electron chi connectivity index (χ2n) is 4.16. The number of pyridine rings is 1. The third-order valence-electron chi connectivity index (χ3n) is 2.86. The van der Waals surface area contributed by atoms with Crippen molar-refractivity contribution < 1.29 is 4.74 Å². The number of halogens is 2. The number of likely N-dealkylation sites (tertiary alicyclic amines) is 1. The van der Waals surface area contributed by atoms with Crippen molar-refractivity contribution in [3.63, 3.8) is 0 Å². The molecule has 1 aromatic heterocycles. The molecule has 0 atom stereocenters. The summed E-state index contributed by atoms with van der Waals surface area (Å²) in [4.78, 5) is 6.55. The number of hydrogen-bond donors (Lipinski definition) is 0. The zero-order chi connectivity index (χ0) is 12.1. The number of ether oxygens (including phenoxy) is 1. The summed E-state index contributed by atoms with van der Waals surface area (Å²) in [6.45, 7) is 3.92. The normalized spacial score (nSPS) is 16.4. The van der Waals surface area contributed by atoms with E-state index in [1.165, 1.54) is 25.9 Å². The van der Waals surface area contributed by atoms with Gasteiger partial charge < -0.3 is 4.74 Å². The van der Waals surface area contributed by atoms with Crippen LogP contribution in [0.2, 0.25) is 5.02 Å². The summed E-state index contributed by atoms with van der Waals surface area (Å²) < 4.78 is 5.57. The lowest BCUT2D eigenvalue weighted by Crippen LogP contribution is -2.25. The molecule has 3 nitrogen and oxygen atoms in total. The van der Waals surface area contributed by atoms with Gasteiger partial charge in [0.25, 0.3) is 0 Å². The van der Waals surface area contributed by atoms with E-state index >= 15 is 0 Å². The molecule has 1 aliphatic heterocycles. The fourth-order valence-corrected chi connectivity index (χ4v) is 2.31. The molecule has 5 heteroatoms. The van der Waals surface area contributed by atoms with Gasteiger partial charge in [-0.1, -0.05) is 11.6 Å². The lowest BCUT2D eigenvalue weighted by molar-refractivity contribution is 0.232. The summed E-state index contributed by atoms with van der Waals surface area (Å²) in [5.41, 5.74) is 0.906. The van der Waals surface area contributed by atoms with E-state index in [9.17, 15) is 0 Å². The summed E-state index contributed by atoms with van der Waals surface area (Å²) >= 11 is 11.7. The highest BCUT2D eigenvalue weighted by Crippen LogP contribution is 2.23. The minimum atomic E-state index is 0.417. The van der Waals surface area contributed by atoms with Crippen molar-refractivity contribution in [2.45, 2.75) is 18.7 Å². The number of rotatable bonds is 5. The Kier molecular flexibility index (Phi) is 4.89. The molecule has 94 valence electrons. The Hall–Kier alpha value is -0.510. The van der Waals surface area contributed by atoms with Crippen LogP contribution in [0.1, 0.15) is 18.4 Å². The molecule has 0 spiro atoms. The number of nitrogens with zero attached hydrogens (tertiary/aromatic N) is 2. The van der Waals surface area contributed by atoms with Gasteiger partial charge in [-0.3, -0.25) is 4.90 Å². The van der Waals surface area contributed by atoms with Crippen LogP contribution in [0, 0.1) is 0 Å². The SMILES string of the molecule is ClCc1cnc(OCCN2CCCC2)c(Cl)c1. The molecule has 17 heavy (non-hydrogen) atoms. The van der Waals surface area contributed by atoms with Gasteiger partial charge in [-0.25, -0.2) is 4.98 Å². The fraction of sp³-hybridized carbons (Fsp3) is 0.583. The summed E-state index contributed by atoms with van der Waals surface area (Å²) in [6.07, 6.45) is 4.29. The summed E-state index contributed by atoms with van der Waals surface area (Å²) in [7, 11) is 0. The van der Waals surface area contributed by atoms with Crippen LogP contribution >= 0.6 is 23.2 Å². The Morgan fingerprint density at radius 3 is 2.76 bits per heavy atom. The van der Waals surface area contributed by atoms with E-state index in [2.05, 4.69) is 9.88 Å². The van der Waals surface area contributed by atoms with Crippen molar-refractivity contribution in [1.82, 2.24) is 9.88 Å². The van der Waals surface area contributed by atoms with Crippen molar-refractivity contribution >= 4 is 23.2 Å². The highest BCUT2D eigenvalue weighted by atomic mass is 35.5. The van der Waals surface area contributed by atoms with Crippen LogP contribution in [0.15, 0.2) is 12.3 Å². The summed E-state index contributed by atoms with van der Waals surface area (Å²) in [5.74, 6) is 0.917. The molecule has 1 saturated heterocycles. The third kappa shape index (κ3) is 3.73. The maximum atomic E-state index is 6.04. The smallest absolute Gasteiger partial charge is 0.232 e. The molecule has 0 amide bonds. The number of hydrogen-bond acceptors (Lipinski definition) is 3. The van der Waals surface area contributed by atoms with E-state index in [1.807, 2.05) is 0 Å². The van der Waals surface area contributed by atoms with E-state index in [0.717, 1.165) is 12.1 Å². The molecule has 0 aromatic carbocycles. The van der Waals surface area contributed by atoms with Gasteiger partial charge in [-0.15, -0.1) is 11.6 Å². The van der Waals surface area contributed by atoms with Crippen LogP contribution in [0.25, 0.3) is 0 Å². The first-order valence-electron chi connectivity index (χ1n) is 5.85. The first-order valence-corrected chi connectivity index (χ1v) is 6.76. The fourth-order valence-electron chi connectivity index (χ4n) is 1.92. The van der Waals surface area contributed by atoms with Gasteiger partial charge in [-0.2, -0.15) is 0 Å². The number of alkyl halides is 1. The average Bonchev–Trinajstić information content (AvgIpc) is 2.84. The highest BCUT2D eigenvalue weighted by Gasteiger charge is 2.11. The van der Waals surface area contributed by atoms with Gasteiger partial charge in [0.2, 0.25) is 5.88 Å². The minimum Gasteiger partial charge on any atom is -0.475 e. The molecule has 0 bridgehead atoms. The van der Waals surface area contributed by atoms with Gasteiger partial charge in [0.05, 0.1) is 0 Å². The molecule has 0 unspecified atom stereocenters. The summed E-state index contributed by atoms with van der Waals surface area (Å²) in [6, 6.07) is 1.80. The van der Waals surface area contributed by atoms with Crippen LogP contribution in [0.4, 0.5) is 0 Å². The second kappa shape index (κ2) is 6.43. The van der Waals surface area contributed by atoms with E-state index in [-0.39, 0.29) is 0 Å². The number of aromatic nitrogens is 1. The summed E-state index contributed by atoms with van der Waals surface area (Å²) in [5, 5.41) is 0.532. The monoisotopic (exact) mass is 274 g/mol. The lowest BCUT2D eigenvalue weighted by atomic mass is 10.3. The van der Waals surface area contributed by atoms with E-state index in [1.54, 1.807) is 12.3 Å². The van der Waals surface area contributed by atoms with Crippen LogP contribution in [0.5, 0.6) is 5.88 Å². The second-order valence-corrected chi connectivity index (χ2v) is 4.84. The zero-order valence-corrected chi connectivity index (χ0v) is 11.2. The van der Waals surface area contributed by atoms with Crippen LogP contribution < -0.4 is 4.74 Å². The maximum absolute atomic E-state index is 6.04. The Labute approximate surface area is 112 Å². The molecule has 0 radical (unpaired) electrons. The highest BCUT2D eigenvalue weighted by molar-refractivity contribution is 6.32. The van der Waals surface area contributed by atoms with Gasteiger partial charge in [0, 0.05) is 18.6 Å². The van der Waals surface area contributed by atoms with Crippen molar-refractivity contribution in [2.24, 2.45) is 0 Å². The van der Waals surface area contributed by atoms with Gasteiger partial charge in [-0.05, 0) is 37.6 Å². The molecule has 1 aliphatic rings. The Bertz CT molecular complexity index is 368. The first-order chi connectivity index (χ1) is 8.29. The molecular weight excluding hydrogens is 259 g/mol. The Morgan fingerprint density at radius 2 is 2.12 bits per heavy atom.